The van der Waals surface area contributed by atoms with Crippen molar-refractivity contribution >= 4 is 28.1 Å². The first-order chi connectivity index (χ1) is 6.66. The summed E-state index contributed by atoms with van der Waals surface area (Å²) in [6, 6.07) is 4.46. The minimum absolute atomic E-state index is 0.0891. The van der Waals surface area contributed by atoms with Gasteiger partial charge in [0.25, 0.3) is 0 Å². The van der Waals surface area contributed by atoms with Crippen LogP contribution in [0.4, 0.5) is 9.52 Å². The Kier molecular flexibility index (Phi) is 2.35. The van der Waals surface area contributed by atoms with Crippen LogP contribution in [0.2, 0.25) is 5.02 Å². The van der Waals surface area contributed by atoms with Crippen LogP contribution in [0.5, 0.6) is 0 Å². The summed E-state index contributed by atoms with van der Waals surface area (Å²) in [4.78, 5) is 0. The van der Waals surface area contributed by atoms with Gasteiger partial charge in [-0.1, -0.05) is 29.0 Å². The molecule has 3 nitrogen and oxygen atoms in total. The molecule has 0 atom stereocenters. The smallest absolute Gasteiger partial charge is 0.203 e. The van der Waals surface area contributed by atoms with Gasteiger partial charge >= 0.3 is 0 Å². The second kappa shape index (κ2) is 3.51. The summed E-state index contributed by atoms with van der Waals surface area (Å²) in [5, 5.41) is 8.45. The molecule has 1 aromatic carbocycles. The van der Waals surface area contributed by atoms with E-state index in [1.54, 1.807) is 6.07 Å². The highest BCUT2D eigenvalue weighted by Crippen LogP contribution is 2.27. The molecule has 0 saturated carbocycles. The van der Waals surface area contributed by atoms with E-state index < -0.39 is 5.82 Å². The third-order valence-electron chi connectivity index (χ3n) is 1.61. The lowest BCUT2D eigenvalue weighted by Gasteiger charge is -1.96. The molecule has 2 aromatic rings. The van der Waals surface area contributed by atoms with Gasteiger partial charge in [0.2, 0.25) is 5.13 Å². The molecule has 72 valence electrons. The first kappa shape index (κ1) is 9.36. The fourth-order valence-electron chi connectivity index (χ4n) is 0.980. The van der Waals surface area contributed by atoms with Crippen LogP contribution >= 0.6 is 22.9 Å². The largest absolute Gasteiger partial charge is 0.374 e. The quantitative estimate of drug-likeness (QED) is 0.818. The minimum atomic E-state index is -0.474. The highest BCUT2D eigenvalue weighted by atomic mass is 35.5. The molecule has 0 aliphatic rings. The summed E-state index contributed by atoms with van der Waals surface area (Å²) in [5.41, 5.74) is 6.04. The van der Waals surface area contributed by atoms with E-state index in [4.69, 9.17) is 17.3 Å². The maximum atomic E-state index is 13.1. The Hall–Kier alpha value is -1.20. The number of halogens is 2. The molecule has 0 fully saturated rings. The van der Waals surface area contributed by atoms with Gasteiger partial charge in [-0.15, -0.1) is 10.2 Å². The average molecular weight is 230 g/mol. The van der Waals surface area contributed by atoms with E-state index >= 15 is 0 Å². The van der Waals surface area contributed by atoms with Crippen molar-refractivity contribution in [3.8, 4) is 10.6 Å². The number of benzene rings is 1. The molecule has 0 saturated heterocycles. The van der Waals surface area contributed by atoms with Gasteiger partial charge in [0.1, 0.15) is 10.8 Å². The number of nitrogen functional groups attached to an aromatic ring is 1. The molecule has 1 heterocycles. The number of aromatic nitrogens is 2. The lowest BCUT2D eigenvalue weighted by Crippen LogP contribution is -1.81. The molecule has 1 aromatic heterocycles. The third-order valence-corrected chi connectivity index (χ3v) is 2.72. The van der Waals surface area contributed by atoms with Crippen LogP contribution < -0.4 is 5.73 Å². The maximum Gasteiger partial charge on any atom is 0.203 e. The molecule has 0 aliphatic heterocycles. The van der Waals surface area contributed by atoms with Crippen LogP contribution in [0, 0.1) is 5.82 Å². The fourth-order valence-corrected chi connectivity index (χ4v) is 1.70. The topological polar surface area (TPSA) is 51.8 Å². The predicted octanol–water partition coefficient (Wildman–Crippen LogP) is 2.58. The molecule has 14 heavy (non-hydrogen) atoms. The van der Waals surface area contributed by atoms with Crippen molar-refractivity contribution in [3.05, 3.63) is 29.0 Å². The third kappa shape index (κ3) is 1.69. The molecule has 6 heteroatoms. The summed E-state index contributed by atoms with van der Waals surface area (Å²) in [5.74, 6) is -0.474. The highest BCUT2D eigenvalue weighted by Gasteiger charge is 2.07. The Morgan fingerprint density at radius 2 is 2.14 bits per heavy atom. The van der Waals surface area contributed by atoms with Gasteiger partial charge in [-0.2, -0.15) is 0 Å². The van der Waals surface area contributed by atoms with Gasteiger partial charge in [-0.25, -0.2) is 4.39 Å². The Morgan fingerprint density at radius 1 is 1.36 bits per heavy atom. The molecule has 0 radical (unpaired) electrons. The molecule has 0 bridgehead atoms. The van der Waals surface area contributed by atoms with Crippen LogP contribution in [-0.2, 0) is 0 Å². The lowest BCUT2D eigenvalue weighted by molar-refractivity contribution is 0.629. The van der Waals surface area contributed by atoms with E-state index in [1.165, 1.54) is 23.5 Å². The van der Waals surface area contributed by atoms with Crippen molar-refractivity contribution in [2.45, 2.75) is 0 Å². The molecule has 0 spiro atoms. The van der Waals surface area contributed by atoms with Crippen molar-refractivity contribution in [2.24, 2.45) is 0 Å². The van der Waals surface area contributed by atoms with Crippen molar-refractivity contribution in [1.29, 1.82) is 0 Å². The van der Waals surface area contributed by atoms with E-state index in [1.807, 2.05) is 0 Å². The lowest BCUT2D eigenvalue weighted by atomic mass is 10.2. The van der Waals surface area contributed by atoms with E-state index in [2.05, 4.69) is 10.2 Å². The maximum absolute atomic E-state index is 13.1. The van der Waals surface area contributed by atoms with E-state index in [-0.39, 0.29) is 5.02 Å². The van der Waals surface area contributed by atoms with Crippen molar-refractivity contribution in [2.75, 3.05) is 5.73 Å². The summed E-state index contributed by atoms with van der Waals surface area (Å²) in [7, 11) is 0. The van der Waals surface area contributed by atoms with E-state index in [0.717, 1.165) is 0 Å². The van der Waals surface area contributed by atoms with Crippen LogP contribution in [0.3, 0.4) is 0 Å². The predicted molar refractivity (Wildman–Crippen MR) is 54.7 cm³/mol. The van der Waals surface area contributed by atoms with Gasteiger partial charge in [-0.3, -0.25) is 0 Å². The van der Waals surface area contributed by atoms with Crippen LogP contribution in [0.25, 0.3) is 10.6 Å². The summed E-state index contributed by atoms with van der Waals surface area (Å²) < 4.78 is 13.1. The minimum Gasteiger partial charge on any atom is -0.374 e. The number of anilines is 1. The highest BCUT2D eigenvalue weighted by molar-refractivity contribution is 7.18. The fraction of sp³-hybridized carbons (Fsp3) is 0. The second-order valence-corrected chi connectivity index (χ2v) is 3.99. The normalized spacial score (nSPS) is 10.4. The standard InChI is InChI=1S/C8H5ClFN3S/c9-5-2-1-4(3-6(5)10)7-12-13-8(11)14-7/h1-3H,(H2,11,13). The second-order valence-electron chi connectivity index (χ2n) is 2.57. The Bertz CT molecular complexity index is 471. The average Bonchev–Trinajstić information content (AvgIpc) is 2.57. The monoisotopic (exact) mass is 229 g/mol. The molecular weight excluding hydrogens is 225 g/mol. The zero-order valence-corrected chi connectivity index (χ0v) is 8.44. The molecule has 0 unspecified atom stereocenters. The number of rotatable bonds is 1. The zero-order valence-electron chi connectivity index (χ0n) is 6.87. The number of nitrogens with two attached hydrogens (primary N) is 1. The van der Waals surface area contributed by atoms with Gasteiger partial charge in [0.15, 0.2) is 0 Å². The molecular formula is C8H5ClFN3S. The Labute approximate surface area is 88.3 Å². The van der Waals surface area contributed by atoms with Crippen molar-refractivity contribution in [1.82, 2.24) is 10.2 Å². The molecule has 0 amide bonds. The summed E-state index contributed by atoms with van der Waals surface area (Å²) >= 11 is 6.74. The van der Waals surface area contributed by atoms with Gasteiger partial charge in [-0.05, 0) is 12.1 Å². The van der Waals surface area contributed by atoms with Gasteiger partial charge in [0, 0.05) is 5.56 Å². The number of hydrogen-bond acceptors (Lipinski definition) is 4. The van der Waals surface area contributed by atoms with Crippen LogP contribution in [-0.4, -0.2) is 10.2 Å². The molecule has 2 N–H and O–H groups in total. The SMILES string of the molecule is Nc1nnc(-c2ccc(Cl)c(F)c2)s1. The Balaban J connectivity index is 2.47. The van der Waals surface area contributed by atoms with Crippen LogP contribution in [0.15, 0.2) is 18.2 Å². The first-order valence-electron chi connectivity index (χ1n) is 3.71. The van der Waals surface area contributed by atoms with Gasteiger partial charge < -0.3 is 5.73 Å². The molecule has 2 rings (SSSR count). The van der Waals surface area contributed by atoms with E-state index in [0.29, 0.717) is 15.7 Å². The van der Waals surface area contributed by atoms with E-state index in [9.17, 15) is 4.39 Å². The van der Waals surface area contributed by atoms with Crippen molar-refractivity contribution in [3.63, 3.8) is 0 Å². The van der Waals surface area contributed by atoms with Crippen LogP contribution in [0.1, 0.15) is 0 Å². The summed E-state index contributed by atoms with van der Waals surface area (Å²) in [6.45, 7) is 0. The number of nitrogens with zero attached hydrogens (tertiary/aromatic N) is 2. The Morgan fingerprint density at radius 3 is 2.71 bits per heavy atom. The number of hydrogen-bond donors (Lipinski definition) is 1. The first-order valence-corrected chi connectivity index (χ1v) is 4.90. The zero-order chi connectivity index (χ0) is 10.1. The van der Waals surface area contributed by atoms with Crippen molar-refractivity contribution < 1.29 is 4.39 Å². The van der Waals surface area contributed by atoms with Gasteiger partial charge in [0.05, 0.1) is 5.02 Å². The summed E-state index contributed by atoms with van der Waals surface area (Å²) in [6.07, 6.45) is 0. The molecule has 0 aliphatic carbocycles.